The summed E-state index contributed by atoms with van der Waals surface area (Å²) in [7, 11) is 1.13. The maximum absolute atomic E-state index is 13.5. The van der Waals surface area contributed by atoms with Gasteiger partial charge in [-0.15, -0.1) is 0 Å². The number of phosphoric acid groups is 1. The quantitative estimate of drug-likeness (QED) is 0.0212. The number of quaternary nitrogens is 1. The number of amides is 1. The standard InChI is InChI=1S/C71H125N2O7P/c1-7-10-13-16-19-22-25-28-30-32-33-34-35-36-37-38-39-40-41-42-44-46-49-52-55-58-61-64-71(75)80-69(62-59-56-53-50-47-27-24-21-18-15-12-9-3)68(67-79-81(76,77)78-66-65-73(4,5)6)72-70(74)63-60-57-54-51-48-45-43-31-29-26-23-20-17-14-11-8-2/h11,14,19-20,22-23,28-31,33-34,45,48,54,57,59,62,68-69H,7-10,12-13,15-18,21,24-27,32,35-44,46-47,49-53,55-56,58,60-61,63-67H2,1-6H3,(H-,72,74,76,77)/b14-11+,22-19-,23-20+,30-28-,31-29+,34-33-,48-45+,57-54+,62-59-. The second kappa shape index (κ2) is 59.8. The Kier molecular flexibility index (Phi) is 57.4. The molecule has 0 aromatic rings. The van der Waals surface area contributed by atoms with Crippen LogP contribution < -0.4 is 10.2 Å². The summed E-state index contributed by atoms with van der Waals surface area (Å²) in [6, 6.07) is -0.934. The third-order valence-electron chi connectivity index (χ3n) is 14.2. The molecule has 0 bridgehead atoms. The first-order chi connectivity index (χ1) is 39.4. The molecule has 81 heavy (non-hydrogen) atoms. The number of carbonyl (C=O) groups excluding carboxylic acids is 2. The molecular weight excluding hydrogens is 1020 g/mol. The van der Waals surface area contributed by atoms with E-state index in [1.54, 1.807) is 0 Å². The number of esters is 1. The van der Waals surface area contributed by atoms with Gasteiger partial charge in [0.25, 0.3) is 7.82 Å². The Morgan fingerprint density at radius 2 is 0.802 bits per heavy atom. The summed E-state index contributed by atoms with van der Waals surface area (Å²) in [6.07, 6.45) is 82.3. The predicted molar refractivity (Wildman–Crippen MR) is 348 cm³/mol. The van der Waals surface area contributed by atoms with Crippen molar-refractivity contribution in [2.24, 2.45) is 0 Å². The van der Waals surface area contributed by atoms with Gasteiger partial charge in [0.05, 0.1) is 33.8 Å². The molecule has 0 aromatic carbocycles. The summed E-state index contributed by atoms with van der Waals surface area (Å²) in [5.41, 5.74) is 0. The van der Waals surface area contributed by atoms with E-state index in [2.05, 4.69) is 111 Å². The molecule has 0 aliphatic rings. The van der Waals surface area contributed by atoms with Gasteiger partial charge in [-0.3, -0.25) is 14.2 Å². The lowest BCUT2D eigenvalue weighted by Crippen LogP contribution is -2.47. The SMILES string of the molecule is CC/C=C/C/C=C/C/C=C/C/C=C/C/C=C/CCC(=O)NC(COP(=O)([O-])OCC[N+](C)(C)C)C(/C=C\CCCCCCCCCCCC)OC(=O)CCCCCCCCCCCCCCCC/C=C\C/C=C\C/C=C\CCCCC. The van der Waals surface area contributed by atoms with Crippen LogP contribution in [0.2, 0.25) is 0 Å². The van der Waals surface area contributed by atoms with Gasteiger partial charge in [-0.05, 0) is 102 Å². The Hall–Kier alpha value is -3.33. The van der Waals surface area contributed by atoms with Crippen LogP contribution in [-0.4, -0.2) is 69.4 Å². The summed E-state index contributed by atoms with van der Waals surface area (Å²) < 4.78 is 30.3. The van der Waals surface area contributed by atoms with E-state index in [4.69, 9.17) is 13.8 Å². The molecule has 0 spiro atoms. The first-order valence-corrected chi connectivity index (χ1v) is 34.7. The van der Waals surface area contributed by atoms with Crippen molar-refractivity contribution >= 4 is 19.7 Å². The van der Waals surface area contributed by atoms with Crippen molar-refractivity contribution in [3.8, 4) is 0 Å². The van der Waals surface area contributed by atoms with Crippen molar-refractivity contribution in [2.45, 2.75) is 290 Å². The predicted octanol–water partition coefficient (Wildman–Crippen LogP) is 20.3. The minimum Gasteiger partial charge on any atom is -0.756 e. The highest BCUT2D eigenvalue weighted by Gasteiger charge is 2.27. The van der Waals surface area contributed by atoms with Crippen molar-refractivity contribution in [2.75, 3.05) is 40.9 Å². The van der Waals surface area contributed by atoms with E-state index in [9.17, 15) is 19.0 Å². The zero-order valence-electron chi connectivity index (χ0n) is 53.2. The summed E-state index contributed by atoms with van der Waals surface area (Å²) >= 11 is 0. The summed E-state index contributed by atoms with van der Waals surface area (Å²) in [6.45, 7) is 6.64. The largest absolute Gasteiger partial charge is 0.756 e. The Morgan fingerprint density at radius 3 is 1.23 bits per heavy atom. The average molecular weight is 1150 g/mol. The highest BCUT2D eigenvalue weighted by molar-refractivity contribution is 7.45. The molecule has 3 unspecified atom stereocenters. The van der Waals surface area contributed by atoms with Gasteiger partial charge in [0.2, 0.25) is 5.91 Å². The number of nitrogens with one attached hydrogen (secondary N) is 1. The van der Waals surface area contributed by atoms with Gasteiger partial charge in [-0.2, -0.15) is 0 Å². The third-order valence-corrected chi connectivity index (χ3v) is 15.2. The zero-order valence-corrected chi connectivity index (χ0v) is 54.1. The molecule has 0 aliphatic carbocycles. The summed E-state index contributed by atoms with van der Waals surface area (Å²) in [4.78, 5) is 40.0. The number of ether oxygens (including phenoxy) is 1. The van der Waals surface area contributed by atoms with E-state index >= 15 is 0 Å². The smallest absolute Gasteiger partial charge is 0.306 e. The first-order valence-electron chi connectivity index (χ1n) is 33.2. The first kappa shape index (κ1) is 77.7. The summed E-state index contributed by atoms with van der Waals surface area (Å²) in [5, 5.41) is 2.98. The molecule has 0 heterocycles. The highest BCUT2D eigenvalue weighted by Crippen LogP contribution is 2.38. The number of likely N-dealkylation sites (N-methyl/N-ethyl adjacent to an activating group) is 1. The fourth-order valence-corrected chi connectivity index (χ4v) is 9.83. The number of allylic oxidation sites excluding steroid dienone is 17. The number of rotatable bonds is 59. The van der Waals surface area contributed by atoms with E-state index < -0.39 is 26.6 Å². The van der Waals surface area contributed by atoms with Gasteiger partial charge in [0.1, 0.15) is 19.3 Å². The second-order valence-electron chi connectivity index (χ2n) is 23.2. The molecular formula is C71H125N2O7P. The highest BCUT2D eigenvalue weighted by atomic mass is 31.2. The van der Waals surface area contributed by atoms with Crippen LogP contribution in [0, 0.1) is 0 Å². The zero-order chi connectivity index (χ0) is 59.3. The monoisotopic (exact) mass is 1150 g/mol. The van der Waals surface area contributed by atoms with E-state index in [1.807, 2.05) is 45.4 Å². The van der Waals surface area contributed by atoms with Crippen LogP contribution >= 0.6 is 7.82 Å². The number of hydrogen-bond donors (Lipinski definition) is 1. The molecule has 0 saturated carbocycles. The number of carbonyl (C=O) groups is 2. The summed E-state index contributed by atoms with van der Waals surface area (Å²) in [5.74, 6) is -0.639. The van der Waals surface area contributed by atoms with E-state index in [0.717, 1.165) is 89.9 Å². The van der Waals surface area contributed by atoms with Crippen LogP contribution in [0.3, 0.4) is 0 Å². The molecule has 0 saturated heterocycles. The Bertz CT molecular complexity index is 1750. The van der Waals surface area contributed by atoms with Gasteiger partial charge < -0.3 is 28.5 Å². The topological polar surface area (TPSA) is 114 Å². The van der Waals surface area contributed by atoms with Gasteiger partial charge in [0.15, 0.2) is 0 Å². The van der Waals surface area contributed by atoms with Crippen molar-refractivity contribution in [3.05, 3.63) is 109 Å². The van der Waals surface area contributed by atoms with E-state index in [1.165, 1.54) is 148 Å². The lowest BCUT2D eigenvalue weighted by molar-refractivity contribution is -0.870. The number of unbranched alkanes of at least 4 members (excludes halogenated alkanes) is 27. The minimum atomic E-state index is -4.73. The number of phosphoric ester groups is 1. The van der Waals surface area contributed by atoms with Crippen molar-refractivity contribution in [3.63, 3.8) is 0 Å². The molecule has 0 aliphatic heterocycles. The molecule has 466 valence electrons. The normalized spacial score (nSPS) is 14.3. The van der Waals surface area contributed by atoms with Crippen LogP contribution in [-0.2, 0) is 27.9 Å². The molecule has 1 amide bonds. The van der Waals surface area contributed by atoms with Crippen LogP contribution in [0.5, 0.6) is 0 Å². The Labute approximate surface area is 500 Å². The molecule has 9 nitrogen and oxygen atoms in total. The molecule has 0 fully saturated rings. The van der Waals surface area contributed by atoms with Gasteiger partial charge in [-0.1, -0.05) is 272 Å². The van der Waals surface area contributed by atoms with E-state index in [0.29, 0.717) is 17.4 Å². The Balaban J connectivity index is 5.14. The van der Waals surface area contributed by atoms with Crippen LogP contribution in [0.25, 0.3) is 0 Å². The van der Waals surface area contributed by atoms with Crippen LogP contribution in [0.1, 0.15) is 278 Å². The number of nitrogens with zero attached hydrogens (tertiary/aromatic N) is 1. The van der Waals surface area contributed by atoms with Gasteiger partial charge in [0, 0.05) is 12.8 Å². The second-order valence-corrected chi connectivity index (χ2v) is 24.6. The van der Waals surface area contributed by atoms with Crippen molar-refractivity contribution in [1.82, 2.24) is 5.32 Å². The molecule has 0 rings (SSSR count). The maximum Gasteiger partial charge on any atom is 0.306 e. The third kappa shape index (κ3) is 61.1. The molecule has 3 atom stereocenters. The minimum absolute atomic E-state index is 0.0399. The molecule has 0 aromatic heterocycles. The molecule has 1 N–H and O–H groups in total. The average Bonchev–Trinajstić information content (AvgIpc) is 3.44. The molecule has 0 radical (unpaired) electrons. The number of hydrogen-bond acceptors (Lipinski definition) is 7. The Morgan fingerprint density at radius 1 is 0.444 bits per heavy atom. The lowest BCUT2D eigenvalue weighted by Gasteiger charge is -2.30. The fourth-order valence-electron chi connectivity index (χ4n) is 9.10. The van der Waals surface area contributed by atoms with Gasteiger partial charge in [-0.25, -0.2) is 0 Å². The van der Waals surface area contributed by atoms with Crippen LogP contribution in [0.4, 0.5) is 0 Å². The lowest BCUT2D eigenvalue weighted by atomic mass is 10.0. The van der Waals surface area contributed by atoms with Crippen molar-refractivity contribution in [1.29, 1.82) is 0 Å². The molecule has 10 heteroatoms. The van der Waals surface area contributed by atoms with Crippen molar-refractivity contribution < 1.29 is 37.3 Å². The van der Waals surface area contributed by atoms with Crippen LogP contribution in [0.15, 0.2) is 109 Å². The maximum atomic E-state index is 13.5. The van der Waals surface area contributed by atoms with Gasteiger partial charge >= 0.3 is 5.97 Å². The van der Waals surface area contributed by atoms with E-state index in [-0.39, 0.29) is 31.3 Å². The fraction of sp³-hybridized carbons (Fsp3) is 0.718.